The van der Waals surface area contributed by atoms with Crippen LogP contribution in [-0.2, 0) is 0 Å². The van der Waals surface area contributed by atoms with Gasteiger partial charge >= 0.3 is 70.7 Å². The van der Waals surface area contributed by atoms with E-state index in [1.165, 1.54) is 112 Å². The van der Waals surface area contributed by atoms with E-state index in [9.17, 15) is 104 Å². The molecule has 0 aliphatic rings. The first kappa shape index (κ1) is 93.6. The molecule has 59 heteroatoms. The summed E-state index contributed by atoms with van der Waals surface area (Å²) >= 11 is 13.6. The molecule has 0 atom stereocenters. The predicted octanol–water partition coefficient (Wildman–Crippen LogP) is 17.0. The van der Waals surface area contributed by atoms with Crippen LogP contribution in [0.4, 0.5) is 76.2 Å². The molecule has 0 aliphatic carbocycles. The fourth-order valence-electron chi connectivity index (χ4n) is 10.6. The van der Waals surface area contributed by atoms with Crippen LogP contribution in [0.2, 0.25) is 5.02 Å². The fourth-order valence-corrected chi connectivity index (χ4v) is 16.1. The third kappa shape index (κ3) is 24.4. The molecule has 18 rings (SSSR count). The minimum Gasteiger partial charge on any atom is -0.395 e. The summed E-state index contributed by atoms with van der Waals surface area (Å²) in [6.45, 7) is 5.95. The number of nitrogens with zero attached hydrogens (tertiary/aromatic N) is 13. The van der Waals surface area contributed by atoms with E-state index in [0.717, 1.165) is 123 Å². The average Bonchev–Trinajstić information content (AvgIpc) is 1.65. The van der Waals surface area contributed by atoms with Crippen molar-refractivity contribution in [1.82, 2.24) is 62.5 Å². The highest BCUT2D eigenvalue weighted by Gasteiger charge is 2.25. The van der Waals surface area contributed by atoms with Gasteiger partial charge in [-0.3, -0.25) is 165 Å². The fraction of sp³-hybridized carbons (Fsp3) is 0.0400. The summed E-state index contributed by atoms with van der Waals surface area (Å²) in [7, 11) is 0. The van der Waals surface area contributed by atoms with Gasteiger partial charge in [0, 0.05) is 17.2 Å². The molecule has 51 nitrogen and oxygen atoms in total. The number of anilines is 6. The highest BCUT2D eigenvalue weighted by molar-refractivity contribution is 7.24. The quantitative estimate of drug-likeness (QED) is 0.0187. The van der Waals surface area contributed by atoms with Gasteiger partial charge in [0.25, 0.3) is 5.69 Å². The second-order valence-corrected chi connectivity index (χ2v) is 32.6. The third-order valence-electron chi connectivity index (χ3n) is 16.6. The standard InChI is InChI=1S/3C13H10N4O4S.C12H7ClN4O4S.C12H7FN4O4S.C12H7N5O6S/c3*1-7-2-3-8-10(6-7)22-13(14-8)16-15-12(18)9-4-5-11(21-9)17(19)20;2*13-6-1-2-7-9(5-6)22-12(14-7)16-15-11(18)8-3-4-10(21-8)17(19)20;18-11(8-3-4-10(23-8)17(21)22)14-15-12-13-7-2-1-6(16(19)20)5-9(7)24-12/h3*2-6H,1H3,(H,14,16)(H,15,18);2*1-5H,(H,14,16)(H,15,18);1-5H,(H,13,15)(H,14,18). The molecular weight excluding hydrogens is 1910 g/mol. The second-order valence-electron chi connectivity index (χ2n) is 26.0. The Hall–Kier alpha value is -18.0. The molecule has 0 radical (unpaired) electrons. The number of non-ortho nitro benzene ring substituents is 1. The molecule has 0 aliphatic heterocycles. The molecule has 6 aromatic carbocycles. The third-order valence-corrected chi connectivity index (χ3v) is 22.4. The number of furan rings is 6. The SMILES string of the molecule is Cc1ccc2nc(NNC(=O)c3ccc([N+](=O)[O-])o3)sc2c1.Cc1ccc2nc(NNC(=O)c3ccc([N+](=O)[O-])o3)sc2c1.Cc1ccc2nc(NNC(=O)c3ccc([N+](=O)[O-])o3)sc2c1.O=C(NNc1nc2ccc(Cl)cc2s1)c1ccc([N+](=O)[O-])o1.O=C(NNc1nc2ccc(F)cc2s1)c1ccc([N+](=O)[O-])o1.O=C(NNc1nc2ccc([N+](=O)[O-])cc2s1)c1ccc([N+](=O)[O-])o1. The minimum absolute atomic E-state index is 0.0652. The Morgan fingerprint density at radius 3 is 0.716 bits per heavy atom. The number of benzene rings is 6. The lowest BCUT2D eigenvalue weighted by molar-refractivity contribution is -0.402. The number of thiazole rings is 6. The summed E-state index contributed by atoms with van der Waals surface area (Å²) in [5, 5.41) is 76.9. The molecule has 0 bridgehead atoms. The number of carbonyl (C=O) groups excluding carboxylic acids is 6. The number of carbonyl (C=O) groups is 6. The Morgan fingerprint density at radius 2 is 0.485 bits per heavy atom. The maximum atomic E-state index is 13.1. The number of hydrogen-bond acceptors (Lipinski definition) is 44. The second kappa shape index (κ2) is 41.8. The average molecular weight is 1970 g/mol. The Morgan fingerprint density at radius 1 is 0.276 bits per heavy atom. The van der Waals surface area contributed by atoms with Gasteiger partial charge in [-0.15, -0.1) is 0 Å². The van der Waals surface area contributed by atoms with E-state index in [1.807, 2.05) is 75.4 Å². The van der Waals surface area contributed by atoms with Crippen molar-refractivity contribution >= 4 is 248 Å². The largest absolute Gasteiger partial charge is 0.433 e. The number of aromatic nitrogens is 6. The summed E-state index contributed by atoms with van der Waals surface area (Å²) in [5.41, 5.74) is 37.4. The van der Waals surface area contributed by atoms with E-state index in [-0.39, 0.29) is 46.1 Å². The zero-order valence-electron chi connectivity index (χ0n) is 67.0. The van der Waals surface area contributed by atoms with Gasteiger partial charge in [0.2, 0.25) is 65.4 Å². The maximum Gasteiger partial charge on any atom is 0.433 e. The van der Waals surface area contributed by atoms with E-state index in [4.69, 9.17) is 38.1 Å². The lowest BCUT2D eigenvalue weighted by Gasteiger charge is -2.02. The summed E-state index contributed by atoms with van der Waals surface area (Å²) in [6.07, 6.45) is 0. The van der Waals surface area contributed by atoms with Crippen LogP contribution in [0.1, 0.15) is 80.0 Å². The van der Waals surface area contributed by atoms with Crippen molar-refractivity contribution in [2.45, 2.75) is 20.8 Å². The minimum atomic E-state index is -0.759. The topological polar surface area (TPSA) is 705 Å². The van der Waals surface area contributed by atoms with Crippen molar-refractivity contribution < 1.29 is 94.1 Å². The first-order valence-electron chi connectivity index (χ1n) is 36.7. The van der Waals surface area contributed by atoms with Crippen LogP contribution in [0, 0.1) is 97.4 Å². The van der Waals surface area contributed by atoms with Gasteiger partial charge in [-0.2, -0.15) is 0 Å². The molecule has 0 saturated carbocycles. The summed E-state index contributed by atoms with van der Waals surface area (Å²) < 4.78 is 46.8. The van der Waals surface area contributed by atoms with Crippen LogP contribution >= 0.6 is 79.6 Å². The number of aryl methyl sites for hydroxylation is 3. The van der Waals surface area contributed by atoms with Crippen LogP contribution < -0.4 is 65.1 Å². The number of amides is 6. The van der Waals surface area contributed by atoms with Crippen molar-refractivity contribution in [2.24, 2.45) is 0 Å². The zero-order chi connectivity index (χ0) is 95.7. The van der Waals surface area contributed by atoms with Crippen molar-refractivity contribution in [3.63, 3.8) is 0 Å². The molecule has 12 N–H and O–H groups in total. The smallest absolute Gasteiger partial charge is 0.395 e. The van der Waals surface area contributed by atoms with Crippen LogP contribution in [-0.4, -0.2) is 99.8 Å². The number of hydrazine groups is 6. The van der Waals surface area contributed by atoms with Crippen LogP contribution in [0.25, 0.3) is 61.3 Å². The molecule has 18 aromatic rings. The first-order valence-corrected chi connectivity index (χ1v) is 42.0. The Balaban J connectivity index is 0.000000136. The van der Waals surface area contributed by atoms with Gasteiger partial charge in [0.1, 0.15) is 35.4 Å². The number of rotatable bonds is 25. The normalized spacial score (nSPS) is 10.6. The molecule has 0 saturated heterocycles. The predicted molar refractivity (Wildman–Crippen MR) is 482 cm³/mol. The molecule has 12 heterocycles. The van der Waals surface area contributed by atoms with Gasteiger partial charge in [0.15, 0.2) is 0 Å². The lowest BCUT2D eigenvalue weighted by Crippen LogP contribution is -2.28. The molecule has 0 unspecified atom stereocenters. The molecule has 134 heavy (non-hydrogen) atoms. The number of fused-ring (bicyclic) bond motifs is 6. The zero-order valence-corrected chi connectivity index (χ0v) is 72.6. The Kier molecular flexibility index (Phi) is 29.2. The number of nitro groups is 7. The lowest BCUT2D eigenvalue weighted by atomic mass is 10.2. The molecule has 0 spiro atoms. The summed E-state index contributed by atoms with van der Waals surface area (Å²) in [5.74, 6) is -8.46. The highest BCUT2D eigenvalue weighted by atomic mass is 35.5. The van der Waals surface area contributed by atoms with E-state index in [2.05, 4.69) is 95.0 Å². The maximum absolute atomic E-state index is 13.1. The Labute approximate surface area is 768 Å². The highest BCUT2D eigenvalue weighted by Crippen LogP contribution is 2.34. The molecule has 6 amide bonds. The molecule has 0 fully saturated rings. The van der Waals surface area contributed by atoms with Crippen molar-refractivity contribution in [1.29, 1.82) is 0 Å². The van der Waals surface area contributed by atoms with Crippen LogP contribution in [0.5, 0.6) is 0 Å². The van der Waals surface area contributed by atoms with Gasteiger partial charge in [0.05, 0.1) is 103 Å². The number of nitro benzene ring substituents is 1. The van der Waals surface area contributed by atoms with E-state index >= 15 is 0 Å². The van der Waals surface area contributed by atoms with E-state index in [1.54, 1.807) is 18.2 Å². The number of halogens is 2. The van der Waals surface area contributed by atoms with Gasteiger partial charge < -0.3 is 26.5 Å². The van der Waals surface area contributed by atoms with E-state index in [0.29, 0.717) is 56.2 Å². The van der Waals surface area contributed by atoms with Crippen LogP contribution in [0.3, 0.4) is 0 Å². The Bertz CT molecular complexity index is 6760. The van der Waals surface area contributed by atoms with Crippen LogP contribution in [0.15, 0.2) is 208 Å². The molecular formula is C75H51ClFN25O26S6. The first-order chi connectivity index (χ1) is 64.1. The summed E-state index contributed by atoms with van der Waals surface area (Å²) in [6, 6.07) is 44.9. The van der Waals surface area contributed by atoms with Crippen molar-refractivity contribution in [2.75, 3.05) is 32.6 Å². The van der Waals surface area contributed by atoms with Crippen molar-refractivity contribution in [3.05, 3.63) is 315 Å². The van der Waals surface area contributed by atoms with E-state index < -0.39 is 105 Å². The van der Waals surface area contributed by atoms with Crippen molar-refractivity contribution in [3.8, 4) is 0 Å². The summed E-state index contributed by atoms with van der Waals surface area (Å²) in [4.78, 5) is 165. The molecule has 682 valence electrons. The van der Waals surface area contributed by atoms with Gasteiger partial charge in [-0.1, -0.05) is 97.8 Å². The van der Waals surface area contributed by atoms with Gasteiger partial charge in [-0.25, -0.2) is 34.3 Å². The monoisotopic (exact) mass is 1960 g/mol. The number of hydrogen-bond donors (Lipinski definition) is 12. The van der Waals surface area contributed by atoms with Gasteiger partial charge in [-0.05, 0) is 153 Å². The number of nitrogens with one attached hydrogen (secondary N) is 12. The molecule has 12 aromatic heterocycles.